The molecule has 1 unspecified atom stereocenters. The Labute approximate surface area is 171 Å². The Hall–Kier alpha value is -1.79. The quantitative estimate of drug-likeness (QED) is 0.359. The van der Waals surface area contributed by atoms with Crippen molar-refractivity contribution in [3.63, 3.8) is 0 Å². The predicted octanol–water partition coefficient (Wildman–Crippen LogP) is -2.44. The molecule has 0 aliphatic carbocycles. The van der Waals surface area contributed by atoms with Crippen LogP contribution in [0.1, 0.15) is 25.7 Å². The minimum atomic E-state index is -0.0174. The lowest BCUT2D eigenvalue weighted by Crippen LogP contribution is -2.54. The number of aliphatic hydroxyl groups excluding tert-OH is 1. The second-order valence-electron chi connectivity index (χ2n) is 8.73. The summed E-state index contributed by atoms with van der Waals surface area (Å²) in [5.74, 6) is 1.74. The maximum atomic E-state index is 9.77. The van der Waals surface area contributed by atoms with Crippen molar-refractivity contribution < 1.29 is 5.11 Å². The van der Waals surface area contributed by atoms with Crippen molar-refractivity contribution in [2.75, 3.05) is 54.0 Å². The number of aliphatic hydroxyl groups is 1. The van der Waals surface area contributed by atoms with Crippen molar-refractivity contribution in [1.82, 2.24) is 15.0 Å². The molecule has 162 valence electrons. The molecule has 11 heteroatoms. The Morgan fingerprint density at radius 3 is 1.66 bits per heavy atom. The van der Waals surface area contributed by atoms with Crippen molar-refractivity contribution in [2.45, 2.75) is 55.9 Å². The third kappa shape index (κ3) is 4.53. The standard InChI is InChI=1S/C18H34N10O/c19-11-4-12(20)7-26(6-11)16-23-17(27-8-13(21)5-14(22)9-27)25-18(24-16)28-3-1-2-15(28)10-29/h11-15,29H,1-10,19-22H2/t11-,12+,13-,14+,15?. The number of nitrogens with zero attached hydrogens (tertiary/aromatic N) is 6. The van der Waals surface area contributed by atoms with Crippen molar-refractivity contribution in [3.05, 3.63) is 0 Å². The first-order valence-electron chi connectivity index (χ1n) is 10.6. The topological polar surface area (TPSA) is 173 Å². The van der Waals surface area contributed by atoms with Crippen LogP contribution in [-0.2, 0) is 0 Å². The molecule has 4 heterocycles. The van der Waals surface area contributed by atoms with E-state index in [0.717, 1.165) is 32.2 Å². The zero-order valence-electron chi connectivity index (χ0n) is 16.9. The van der Waals surface area contributed by atoms with Gasteiger partial charge in [-0.05, 0) is 25.7 Å². The molecule has 5 atom stereocenters. The molecule has 3 aliphatic rings. The second kappa shape index (κ2) is 8.52. The lowest BCUT2D eigenvalue weighted by molar-refractivity contribution is 0.265. The van der Waals surface area contributed by atoms with Gasteiger partial charge in [-0.15, -0.1) is 0 Å². The van der Waals surface area contributed by atoms with Gasteiger partial charge in [-0.25, -0.2) is 0 Å². The SMILES string of the molecule is N[C@@H]1C[C@H](N)CN(c2nc(N3C[C@H](N)C[C@H](N)C3)nc(N3CCCC3CO)n2)C1. The third-order valence-electron chi connectivity index (χ3n) is 6.04. The summed E-state index contributed by atoms with van der Waals surface area (Å²) in [6.45, 7) is 3.50. The Balaban J connectivity index is 1.69. The Kier molecular flexibility index (Phi) is 6.02. The van der Waals surface area contributed by atoms with Crippen LogP contribution >= 0.6 is 0 Å². The van der Waals surface area contributed by atoms with Crippen LogP contribution in [0.15, 0.2) is 0 Å². The summed E-state index contributed by atoms with van der Waals surface area (Å²) in [6, 6.07) is -0.0465. The Morgan fingerprint density at radius 2 is 1.21 bits per heavy atom. The number of anilines is 3. The Morgan fingerprint density at radius 1 is 0.759 bits per heavy atom. The van der Waals surface area contributed by atoms with Gasteiger partial charge >= 0.3 is 0 Å². The molecule has 0 saturated carbocycles. The second-order valence-corrected chi connectivity index (χ2v) is 8.73. The van der Waals surface area contributed by atoms with E-state index in [2.05, 4.69) is 4.90 Å². The van der Waals surface area contributed by atoms with Crippen LogP contribution < -0.4 is 37.6 Å². The number of piperidine rings is 2. The van der Waals surface area contributed by atoms with Crippen LogP contribution in [0.2, 0.25) is 0 Å². The Bertz CT molecular complexity index is 641. The molecule has 4 rings (SSSR count). The van der Waals surface area contributed by atoms with Crippen LogP contribution in [0, 0.1) is 0 Å². The van der Waals surface area contributed by atoms with Crippen molar-refractivity contribution in [1.29, 1.82) is 0 Å². The zero-order valence-corrected chi connectivity index (χ0v) is 16.9. The minimum Gasteiger partial charge on any atom is -0.394 e. The van der Waals surface area contributed by atoms with Crippen LogP contribution in [-0.4, -0.2) is 89.6 Å². The summed E-state index contributed by atoms with van der Waals surface area (Å²) < 4.78 is 0. The van der Waals surface area contributed by atoms with Crippen LogP contribution in [0.3, 0.4) is 0 Å². The van der Waals surface area contributed by atoms with Crippen molar-refractivity contribution >= 4 is 17.8 Å². The monoisotopic (exact) mass is 406 g/mol. The molecule has 9 N–H and O–H groups in total. The zero-order chi connectivity index (χ0) is 20.5. The van der Waals surface area contributed by atoms with Gasteiger partial charge in [0.05, 0.1) is 12.6 Å². The molecule has 0 spiro atoms. The van der Waals surface area contributed by atoms with Gasteiger partial charge in [0, 0.05) is 56.9 Å². The normalized spacial score (nSPS) is 33.4. The van der Waals surface area contributed by atoms with Crippen LogP contribution in [0.4, 0.5) is 17.8 Å². The number of rotatable bonds is 4. The van der Waals surface area contributed by atoms with Gasteiger partial charge in [-0.1, -0.05) is 0 Å². The van der Waals surface area contributed by atoms with E-state index in [0.29, 0.717) is 44.0 Å². The van der Waals surface area contributed by atoms with Crippen molar-refractivity contribution in [2.24, 2.45) is 22.9 Å². The van der Waals surface area contributed by atoms with Crippen molar-refractivity contribution in [3.8, 4) is 0 Å². The highest BCUT2D eigenvalue weighted by atomic mass is 16.3. The number of hydrogen-bond donors (Lipinski definition) is 5. The maximum Gasteiger partial charge on any atom is 0.232 e. The lowest BCUT2D eigenvalue weighted by atomic mass is 10.0. The summed E-state index contributed by atoms with van der Waals surface area (Å²) in [5, 5.41) is 9.77. The lowest BCUT2D eigenvalue weighted by Gasteiger charge is -2.37. The van der Waals surface area contributed by atoms with Crippen LogP contribution in [0.25, 0.3) is 0 Å². The van der Waals surface area contributed by atoms with Gasteiger partial charge in [-0.3, -0.25) is 0 Å². The van der Waals surface area contributed by atoms with E-state index in [-0.39, 0.29) is 36.8 Å². The number of hydrogen-bond acceptors (Lipinski definition) is 11. The van der Waals surface area contributed by atoms with Crippen LogP contribution in [0.5, 0.6) is 0 Å². The molecule has 0 amide bonds. The van der Waals surface area contributed by atoms with E-state index in [4.69, 9.17) is 37.9 Å². The number of nitrogens with two attached hydrogens (primary N) is 4. The van der Waals surface area contributed by atoms with Gasteiger partial charge < -0.3 is 42.7 Å². The highest BCUT2D eigenvalue weighted by Gasteiger charge is 2.32. The van der Waals surface area contributed by atoms with Gasteiger partial charge in [0.25, 0.3) is 0 Å². The molecule has 1 aromatic heterocycles. The average Bonchev–Trinajstić information content (AvgIpc) is 3.15. The third-order valence-corrected chi connectivity index (χ3v) is 6.04. The molecule has 0 bridgehead atoms. The predicted molar refractivity (Wildman–Crippen MR) is 113 cm³/mol. The fourth-order valence-corrected chi connectivity index (χ4v) is 4.73. The summed E-state index contributed by atoms with van der Waals surface area (Å²) in [6.07, 6.45) is 3.50. The molecule has 11 nitrogen and oxygen atoms in total. The summed E-state index contributed by atoms with van der Waals surface area (Å²) in [5.41, 5.74) is 24.8. The smallest absolute Gasteiger partial charge is 0.232 e. The van der Waals surface area contributed by atoms with E-state index < -0.39 is 0 Å². The molecule has 3 saturated heterocycles. The molecular weight excluding hydrogens is 372 g/mol. The molecule has 3 fully saturated rings. The van der Waals surface area contributed by atoms with E-state index in [1.165, 1.54) is 0 Å². The summed E-state index contributed by atoms with van der Waals surface area (Å²) >= 11 is 0. The van der Waals surface area contributed by atoms with Gasteiger partial charge in [-0.2, -0.15) is 15.0 Å². The number of aromatic nitrogens is 3. The van der Waals surface area contributed by atoms with Gasteiger partial charge in [0.2, 0.25) is 17.8 Å². The largest absolute Gasteiger partial charge is 0.394 e. The molecule has 1 aromatic rings. The molecule has 3 aliphatic heterocycles. The first-order chi connectivity index (χ1) is 13.9. The summed E-state index contributed by atoms with van der Waals surface area (Å²) in [7, 11) is 0. The first-order valence-corrected chi connectivity index (χ1v) is 10.6. The van der Waals surface area contributed by atoms with E-state index in [1.807, 2.05) is 9.80 Å². The molecule has 0 aromatic carbocycles. The average molecular weight is 407 g/mol. The molecular formula is C18H34N10O. The molecule has 0 radical (unpaired) electrons. The first kappa shape index (κ1) is 20.5. The highest BCUT2D eigenvalue weighted by molar-refractivity contribution is 5.48. The van der Waals surface area contributed by atoms with E-state index >= 15 is 0 Å². The fraction of sp³-hybridized carbons (Fsp3) is 0.833. The summed E-state index contributed by atoms with van der Waals surface area (Å²) in [4.78, 5) is 20.4. The molecule has 29 heavy (non-hydrogen) atoms. The van der Waals surface area contributed by atoms with E-state index in [9.17, 15) is 5.11 Å². The van der Waals surface area contributed by atoms with Gasteiger partial charge in [0.15, 0.2) is 0 Å². The maximum absolute atomic E-state index is 9.77. The highest BCUT2D eigenvalue weighted by Crippen LogP contribution is 2.27. The fourth-order valence-electron chi connectivity index (χ4n) is 4.73. The van der Waals surface area contributed by atoms with Gasteiger partial charge in [0.1, 0.15) is 0 Å². The van der Waals surface area contributed by atoms with E-state index in [1.54, 1.807) is 0 Å². The minimum absolute atomic E-state index is 0.0174.